The van der Waals surface area contributed by atoms with E-state index in [1.807, 2.05) is 24.3 Å². The van der Waals surface area contributed by atoms with Crippen LogP contribution in [0.5, 0.6) is 0 Å². The smallest absolute Gasteiger partial charge is 0.243 e. The highest BCUT2D eigenvalue weighted by Crippen LogP contribution is 2.30. The summed E-state index contributed by atoms with van der Waals surface area (Å²) in [6, 6.07) is 12.6. The van der Waals surface area contributed by atoms with Crippen molar-refractivity contribution in [2.75, 3.05) is 36.4 Å². The van der Waals surface area contributed by atoms with Crippen molar-refractivity contribution in [1.29, 1.82) is 0 Å². The van der Waals surface area contributed by atoms with E-state index in [4.69, 9.17) is 0 Å². The van der Waals surface area contributed by atoms with Crippen molar-refractivity contribution in [2.24, 2.45) is 5.92 Å². The van der Waals surface area contributed by atoms with Gasteiger partial charge in [0.15, 0.2) is 0 Å². The normalized spacial score (nSPS) is 20.4. The first-order chi connectivity index (χ1) is 14.9. The van der Waals surface area contributed by atoms with Crippen molar-refractivity contribution in [2.45, 2.75) is 37.0 Å². The zero-order chi connectivity index (χ0) is 21.8. The fourth-order valence-electron chi connectivity index (χ4n) is 4.36. The number of carbonyl (C=O) groups is 1. The molecule has 1 N–H and O–H groups in total. The first kappa shape index (κ1) is 21.8. The number of halogens is 1. The number of amides is 1. The fraction of sp³-hybridized carbons (Fsp3) is 0.435. The first-order valence-electron chi connectivity index (χ1n) is 10.9. The summed E-state index contributed by atoms with van der Waals surface area (Å²) in [4.78, 5) is 15.4. The number of benzene rings is 2. The van der Waals surface area contributed by atoms with Crippen molar-refractivity contribution in [3.05, 3.63) is 54.3 Å². The fourth-order valence-corrected chi connectivity index (χ4v) is 5.88. The number of anilines is 2. The predicted octanol–water partition coefficient (Wildman–Crippen LogP) is 3.86. The molecule has 2 aliphatic rings. The van der Waals surface area contributed by atoms with Crippen molar-refractivity contribution >= 4 is 27.3 Å². The van der Waals surface area contributed by atoms with Crippen LogP contribution in [-0.4, -0.2) is 44.8 Å². The number of nitrogens with one attached hydrogen (secondary N) is 1. The quantitative estimate of drug-likeness (QED) is 0.759. The summed E-state index contributed by atoms with van der Waals surface area (Å²) >= 11 is 0. The zero-order valence-corrected chi connectivity index (χ0v) is 18.3. The SMILES string of the molecule is O=C(Nc1ccccc1N1CCCCC1)[C@H]1CCCN(S(=O)(=O)c2ccc(F)cc2)C1. The lowest BCUT2D eigenvalue weighted by molar-refractivity contribution is -0.120. The number of hydrogen-bond acceptors (Lipinski definition) is 4. The molecular formula is C23H28FN3O3S. The Hall–Kier alpha value is -2.45. The van der Waals surface area contributed by atoms with Gasteiger partial charge < -0.3 is 10.2 Å². The van der Waals surface area contributed by atoms with Gasteiger partial charge in [-0.1, -0.05) is 12.1 Å². The molecule has 166 valence electrons. The van der Waals surface area contributed by atoms with Gasteiger partial charge in [0, 0.05) is 26.2 Å². The average Bonchev–Trinajstić information content (AvgIpc) is 2.80. The second-order valence-corrected chi connectivity index (χ2v) is 10.1. The van der Waals surface area contributed by atoms with Crippen LogP contribution >= 0.6 is 0 Å². The van der Waals surface area contributed by atoms with E-state index in [2.05, 4.69) is 10.2 Å². The third-order valence-electron chi connectivity index (χ3n) is 6.06. The van der Waals surface area contributed by atoms with E-state index < -0.39 is 21.8 Å². The lowest BCUT2D eigenvalue weighted by Gasteiger charge is -2.33. The Morgan fingerprint density at radius 3 is 2.39 bits per heavy atom. The van der Waals surface area contributed by atoms with Crippen molar-refractivity contribution < 1.29 is 17.6 Å². The minimum absolute atomic E-state index is 0.0467. The van der Waals surface area contributed by atoms with E-state index in [-0.39, 0.29) is 17.3 Å². The maximum Gasteiger partial charge on any atom is 0.243 e. The van der Waals surface area contributed by atoms with Gasteiger partial charge in [-0.2, -0.15) is 4.31 Å². The largest absolute Gasteiger partial charge is 0.370 e. The maximum absolute atomic E-state index is 13.2. The molecule has 0 aromatic heterocycles. The zero-order valence-electron chi connectivity index (χ0n) is 17.5. The molecule has 0 saturated carbocycles. The van der Waals surface area contributed by atoms with Gasteiger partial charge >= 0.3 is 0 Å². The monoisotopic (exact) mass is 445 g/mol. The maximum atomic E-state index is 13.2. The number of para-hydroxylation sites is 2. The highest BCUT2D eigenvalue weighted by atomic mass is 32.2. The molecule has 8 heteroatoms. The molecule has 6 nitrogen and oxygen atoms in total. The molecule has 4 rings (SSSR count). The molecule has 2 aliphatic heterocycles. The molecule has 0 spiro atoms. The molecular weight excluding hydrogens is 417 g/mol. The van der Waals surface area contributed by atoms with Crippen molar-refractivity contribution in [1.82, 2.24) is 4.31 Å². The van der Waals surface area contributed by atoms with Gasteiger partial charge in [-0.3, -0.25) is 4.79 Å². The Bertz CT molecular complexity index is 1020. The summed E-state index contributed by atoms with van der Waals surface area (Å²) < 4.78 is 40.4. The topological polar surface area (TPSA) is 69.7 Å². The molecule has 0 radical (unpaired) electrons. The minimum Gasteiger partial charge on any atom is -0.370 e. The molecule has 2 heterocycles. The summed E-state index contributed by atoms with van der Waals surface area (Å²) in [5.41, 5.74) is 1.79. The lowest BCUT2D eigenvalue weighted by atomic mass is 9.98. The molecule has 2 saturated heterocycles. The Morgan fingerprint density at radius 1 is 0.935 bits per heavy atom. The molecule has 0 aliphatic carbocycles. The van der Waals surface area contributed by atoms with Crippen LogP contribution in [0, 0.1) is 11.7 Å². The predicted molar refractivity (Wildman–Crippen MR) is 119 cm³/mol. The van der Waals surface area contributed by atoms with Crippen LogP contribution in [0.15, 0.2) is 53.4 Å². The van der Waals surface area contributed by atoms with Crippen LogP contribution in [-0.2, 0) is 14.8 Å². The molecule has 0 unspecified atom stereocenters. The number of carbonyl (C=O) groups excluding carboxylic acids is 1. The Kier molecular flexibility index (Phi) is 6.57. The number of hydrogen-bond donors (Lipinski definition) is 1. The summed E-state index contributed by atoms with van der Waals surface area (Å²) in [5, 5.41) is 3.05. The molecule has 1 amide bonds. The Balaban J connectivity index is 1.47. The molecule has 1 atom stereocenters. The van der Waals surface area contributed by atoms with Gasteiger partial charge in [0.1, 0.15) is 5.82 Å². The summed E-state index contributed by atoms with van der Waals surface area (Å²) in [5.74, 6) is -1.08. The summed E-state index contributed by atoms with van der Waals surface area (Å²) in [6.07, 6.45) is 4.74. The van der Waals surface area contributed by atoms with Crippen LogP contribution in [0.3, 0.4) is 0 Å². The van der Waals surface area contributed by atoms with Crippen LogP contribution in [0.1, 0.15) is 32.1 Å². The number of rotatable bonds is 5. The van der Waals surface area contributed by atoms with E-state index >= 15 is 0 Å². The minimum atomic E-state index is -3.76. The van der Waals surface area contributed by atoms with Gasteiger partial charge in [0.2, 0.25) is 15.9 Å². The molecule has 2 fully saturated rings. The second kappa shape index (κ2) is 9.36. The van der Waals surface area contributed by atoms with Gasteiger partial charge in [0.05, 0.1) is 22.2 Å². The van der Waals surface area contributed by atoms with Crippen LogP contribution in [0.25, 0.3) is 0 Å². The molecule has 0 bridgehead atoms. The van der Waals surface area contributed by atoms with E-state index in [1.165, 1.54) is 22.9 Å². The Morgan fingerprint density at radius 2 is 1.65 bits per heavy atom. The van der Waals surface area contributed by atoms with Crippen LogP contribution in [0.2, 0.25) is 0 Å². The third-order valence-corrected chi connectivity index (χ3v) is 7.94. The summed E-state index contributed by atoms with van der Waals surface area (Å²) in [6.45, 7) is 2.42. The van der Waals surface area contributed by atoms with Gasteiger partial charge in [-0.25, -0.2) is 12.8 Å². The Labute approximate surface area is 183 Å². The lowest BCUT2D eigenvalue weighted by Crippen LogP contribution is -2.43. The standard InChI is InChI=1S/C23H28FN3O3S/c24-19-10-12-20(13-11-19)31(29,30)27-16-6-7-18(17-27)23(28)25-21-8-2-3-9-22(21)26-14-4-1-5-15-26/h2-3,8-13,18H,1,4-7,14-17H2,(H,25,28)/t18-/m0/s1. The van der Waals surface area contributed by atoms with Gasteiger partial charge in [-0.15, -0.1) is 0 Å². The van der Waals surface area contributed by atoms with E-state index in [0.29, 0.717) is 19.4 Å². The van der Waals surface area contributed by atoms with E-state index in [1.54, 1.807) is 0 Å². The summed E-state index contributed by atoms with van der Waals surface area (Å²) in [7, 11) is -3.76. The van der Waals surface area contributed by atoms with Crippen molar-refractivity contribution in [3.63, 3.8) is 0 Å². The molecule has 31 heavy (non-hydrogen) atoms. The highest BCUT2D eigenvalue weighted by Gasteiger charge is 2.33. The van der Waals surface area contributed by atoms with Crippen molar-refractivity contribution in [3.8, 4) is 0 Å². The van der Waals surface area contributed by atoms with Crippen LogP contribution < -0.4 is 10.2 Å². The third kappa shape index (κ3) is 4.91. The molecule has 2 aromatic rings. The first-order valence-corrected chi connectivity index (χ1v) is 12.3. The van der Waals surface area contributed by atoms with E-state index in [0.717, 1.165) is 49.4 Å². The van der Waals surface area contributed by atoms with E-state index in [9.17, 15) is 17.6 Å². The number of piperidine rings is 2. The number of nitrogens with zero attached hydrogens (tertiary/aromatic N) is 2. The molecule has 2 aromatic carbocycles. The van der Waals surface area contributed by atoms with Gasteiger partial charge in [0.25, 0.3) is 0 Å². The van der Waals surface area contributed by atoms with Crippen LogP contribution in [0.4, 0.5) is 15.8 Å². The van der Waals surface area contributed by atoms with Gasteiger partial charge in [-0.05, 0) is 68.5 Å². The second-order valence-electron chi connectivity index (χ2n) is 8.21. The average molecular weight is 446 g/mol. The highest BCUT2D eigenvalue weighted by molar-refractivity contribution is 7.89. The number of sulfonamides is 1.